The van der Waals surface area contributed by atoms with E-state index in [4.69, 9.17) is 16.3 Å². The van der Waals surface area contributed by atoms with Gasteiger partial charge in [-0.2, -0.15) is 0 Å². The highest BCUT2D eigenvalue weighted by Crippen LogP contribution is 2.36. The van der Waals surface area contributed by atoms with E-state index < -0.39 is 23.6 Å². The molecule has 1 aliphatic heterocycles. The average molecular weight is 603 g/mol. The molecule has 0 unspecified atom stereocenters. The van der Waals surface area contributed by atoms with Gasteiger partial charge in [-0.1, -0.05) is 23.7 Å². The van der Waals surface area contributed by atoms with Gasteiger partial charge in [-0.15, -0.1) is 11.8 Å². The summed E-state index contributed by atoms with van der Waals surface area (Å²) in [6.07, 6.45) is 1.13. The molecule has 41 heavy (non-hydrogen) atoms. The summed E-state index contributed by atoms with van der Waals surface area (Å²) in [6, 6.07) is 11.2. The Balaban J connectivity index is 1.54. The fourth-order valence-corrected chi connectivity index (χ4v) is 5.84. The van der Waals surface area contributed by atoms with Gasteiger partial charge in [-0.3, -0.25) is 25.2 Å². The minimum atomic E-state index is -0.875. The minimum absolute atomic E-state index is 0.172. The zero-order valence-electron chi connectivity index (χ0n) is 23.2. The highest BCUT2D eigenvalue weighted by atomic mass is 35.5. The van der Waals surface area contributed by atoms with Gasteiger partial charge in [0.25, 0.3) is 11.8 Å². The van der Waals surface area contributed by atoms with Gasteiger partial charge in [-0.25, -0.2) is 4.79 Å². The van der Waals surface area contributed by atoms with Gasteiger partial charge >= 0.3 is 6.09 Å². The molecule has 1 fully saturated rings. The predicted octanol–water partition coefficient (Wildman–Crippen LogP) is 4.18. The number of benzene rings is 2. The number of hydrazine groups is 1. The van der Waals surface area contributed by atoms with E-state index in [0.29, 0.717) is 36.4 Å². The Morgan fingerprint density at radius 2 is 1.73 bits per heavy atom. The second-order valence-corrected chi connectivity index (χ2v) is 12.7. The van der Waals surface area contributed by atoms with Crippen LogP contribution >= 0.6 is 23.4 Å². The summed E-state index contributed by atoms with van der Waals surface area (Å²) < 4.78 is 5.37. The molecule has 1 aliphatic carbocycles. The zero-order chi connectivity index (χ0) is 29.7. The van der Waals surface area contributed by atoms with Crippen LogP contribution in [0, 0.1) is 5.92 Å². The van der Waals surface area contributed by atoms with Crippen LogP contribution in [0.2, 0.25) is 5.02 Å². The number of alkyl carbamates (subject to hydrolysis) is 1. The molecule has 1 heterocycles. The van der Waals surface area contributed by atoms with E-state index in [1.807, 2.05) is 0 Å². The lowest BCUT2D eigenvalue weighted by Crippen LogP contribution is -2.50. The standard InChI is InChI=1S/C29H35ClN4O6S/c1-29(2,3)40-28(39)31-22-16-41-24-13-8-19(26(37)33-32-25(36)18-6-11-21(35)12-7-18)14-23(24)34(27(22)38)15-17-4-9-20(30)10-5-17/h4-5,8-10,13-14,18,21-22,35H,6-7,11-12,15-16H2,1-3H3,(H,31,39)(H,32,36)(H,33,37)/t18?,21?,22-/m0/s1. The Labute approximate surface area is 248 Å². The molecular formula is C29H35ClN4O6S. The van der Waals surface area contributed by atoms with Crippen molar-refractivity contribution in [2.45, 2.75) is 75.6 Å². The number of nitrogens with zero attached hydrogens (tertiary/aromatic N) is 1. The average Bonchev–Trinajstić information content (AvgIpc) is 3.04. The maximum absolute atomic E-state index is 13.8. The third-order valence-corrected chi connectivity index (χ3v) is 8.20. The molecule has 1 saturated carbocycles. The molecule has 10 nitrogen and oxygen atoms in total. The summed E-state index contributed by atoms with van der Waals surface area (Å²) in [7, 11) is 0. The molecule has 0 aromatic heterocycles. The first-order valence-electron chi connectivity index (χ1n) is 13.5. The van der Waals surface area contributed by atoms with E-state index in [1.165, 1.54) is 16.7 Å². The van der Waals surface area contributed by atoms with Crippen molar-refractivity contribution in [3.8, 4) is 0 Å². The molecule has 0 saturated heterocycles. The van der Waals surface area contributed by atoms with Crippen molar-refractivity contribution in [2.75, 3.05) is 10.7 Å². The van der Waals surface area contributed by atoms with Crippen molar-refractivity contribution in [3.05, 3.63) is 58.6 Å². The fraction of sp³-hybridized carbons (Fsp3) is 0.448. The molecule has 4 amide bonds. The van der Waals surface area contributed by atoms with Gasteiger partial charge < -0.3 is 20.1 Å². The smallest absolute Gasteiger partial charge is 0.408 e. The van der Waals surface area contributed by atoms with Gasteiger partial charge in [-0.05, 0) is 82.3 Å². The fourth-order valence-electron chi connectivity index (χ4n) is 4.66. The number of carbonyl (C=O) groups is 4. The Hall–Kier alpha value is -3.28. The van der Waals surface area contributed by atoms with Crippen LogP contribution in [0.5, 0.6) is 0 Å². The van der Waals surface area contributed by atoms with Gasteiger partial charge in [0.1, 0.15) is 11.6 Å². The van der Waals surface area contributed by atoms with Gasteiger partial charge in [0.15, 0.2) is 0 Å². The maximum Gasteiger partial charge on any atom is 0.408 e. The number of rotatable bonds is 5. The lowest BCUT2D eigenvalue weighted by atomic mass is 9.87. The van der Waals surface area contributed by atoms with Gasteiger partial charge in [0, 0.05) is 27.2 Å². The van der Waals surface area contributed by atoms with E-state index >= 15 is 0 Å². The number of aliphatic hydroxyl groups is 1. The van der Waals surface area contributed by atoms with Crippen molar-refractivity contribution in [1.82, 2.24) is 16.2 Å². The Kier molecular flexibility index (Phi) is 9.83. The number of hydrogen-bond donors (Lipinski definition) is 4. The van der Waals surface area contributed by atoms with Crippen LogP contribution in [0.1, 0.15) is 62.4 Å². The second-order valence-electron chi connectivity index (χ2n) is 11.2. The van der Waals surface area contributed by atoms with Crippen LogP contribution in [0.25, 0.3) is 0 Å². The van der Waals surface area contributed by atoms with Crippen molar-refractivity contribution in [1.29, 1.82) is 0 Å². The Bertz CT molecular complexity index is 1290. The number of nitrogens with one attached hydrogen (secondary N) is 3. The molecule has 12 heteroatoms. The van der Waals surface area contributed by atoms with Crippen LogP contribution in [-0.2, 0) is 20.9 Å². The molecule has 4 rings (SSSR count). The number of anilines is 1. The van der Waals surface area contributed by atoms with Crippen LogP contribution < -0.4 is 21.1 Å². The van der Waals surface area contributed by atoms with E-state index in [-0.39, 0.29) is 41.7 Å². The molecule has 0 bridgehead atoms. The molecule has 0 radical (unpaired) electrons. The number of thioether (sulfide) groups is 1. The lowest BCUT2D eigenvalue weighted by molar-refractivity contribution is -0.127. The minimum Gasteiger partial charge on any atom is -0.444 e. The summed E-state index contributed by atoms with van der Waals surface area (Å²) in [5.74, 6) is -1.20. The largest absolute Gasteiger partial charge is 0.444 e. The second kappa shape index (κ2) is 13.1. The molecule has 2 aliphatic rings. The lowest BCUT2D eigenvalue weighted by Gasteiger charge is -2.27. The number of halogens is 1. The highest BCUT2D eigenvalue weighted by molar-refractivity contribution is 7.99. The van der Waals surface area contributed by atoms with Crippen molar-refractivity contribution >= 4 is 52.9 Å². The molecule has 220 valence electrons. The summed E-state index contributed by atoms with van der Waals surface area (Å²) in [5, 5.41) is 12.9. The number of hydrogen-bond acceptors (Lipinski definition) is 7. The summed E-state index contributed by atoms with van der Waals surface area (Å²) >= 11 is 7.44. The first-order chi connectivity index (χ1) is 19.4. The quantitative estimate of drug-likeness (QED) is 0.377. The van der Waals surface area contributed by atoms with E-state index in [9.17, 15) is 24.3 Å². The Morgan fingerprint density at radius 1 is 1.05 bits per heavy atom. The number of carbonyl (C=O) groups excluding carboxylic acids is 4. The SMILES string of the molecule is CC(C)(C)OC(=O)N[C@H]1CSc2ccc(C(=O)NNC(=O)C3CCC(O)CC3)cc2N(Cc2ccc(Cl)cc2)C1=O. The first-order valence-corrected chi connectivity index (χ1v) is 14.9. The molecule has 0 spiro atoms. The van der Waals surface area contributed by atoms with Gasteiger partial charge in [0.05, 0.1) is 18.3 Å². The van der Waals surface area contributed by atoms with Crippen molar-refractivity contribution in [3.63, 3.8) is 0 Å². The van der Waals surface area contributed by atoms with Crippen molar-refractivity contribution < 1.29 is 29.0 Å². The molecular weight excluding hydrogens is 568 g/mol. The highest BCUT2D eigenvalue weighted by Gasteiger charge is 2.34. The molecule has 2 aromatic carbocycles. The summed E-state index contributed by atoms with van der Waals surface area (Å²) in [5.41, 5.74) is 5.78. The Morgan fingerprint density at radius 3 is 2.39 bits per heavy atom. The number of aliphatic hydroxyl groups excluding tert-OH is 1. The molecule has 2 aromatic rings. The van der Waals surface area contributed by atoms with Crippen LogP contribution in [0.15, 0.2) is 47.4 Å². The zero-order valence-corrected chi connectivity index (χ0v) is 24.8. The van der Waals surface area contributed by atoms with Crippen molar-refractivity contribution in [2.24, 2.45) is 5.92 Å². The first kappa shape index (κ1) is 30.7. The molecule has 4 N–H and O–H groups in total. The third-order valence-electron chi connectivity index (χ3n) is 6.79. The van der Waals surface area contributed by atoms with Crippen LogP contribution in [0.4, 0.5) is 10.5 Å². The van der Waals surface area contributed by atoms with Gasteiger partial charge in [0.2, 0.25) is 5.91 Å². The molecule has 1 atom stereocenters. The maximum atomic E-state index is 13.8. The normalized spacial score (nSPS) is 20.9. The summed E-state index contributed by atoms with van der Waals surface area (Å²) in [6.45, 7) is 5.40. The monoisotopic (exact) mass is 602 g/mol. The number of amides is 4. The van der Waals surface area contributed by atoms with E-state index in [0.717, 1.165) is 10.5 Å². The van der Waals surface area contributed by atoms with E-state index in [2.05, 4.69) is 16.2 Å². The predicted molar refractivity (Wildman–Crippen MR) is 157 cm³/mol. The third kappa shape index (κ3) is 8.37. The van der Waals surface area contributed by atoms with Crippen LogP contribution in [-0.4, -0.2) is 52.4 Å². The van der Waals surface area contributed by atoms with Crippen LogP contribution in [0.3, 0.4) is 0 Å². The van der Waals surface area contributed by atoms with E-state index in [1.54, 1.807) is 63.2 Å². The number of fused-ring (bicyclic) bond motifs is 1. The topological polar surface area (TPSA) is 137 Å². The summed E-state index contributed by atoms with van der Waals surface area (Å²) in [4.78, 5) is 54.2. The number of ether oxygens (including phenoxy) is 1.